The Morgan fingerprint density at radius 2 is 0.938 bits per heavy atom. The second kappa shape index (κ2) is 19.1. The number of carbonyl (C=O) groups excluding carboxylic acids is 2. The Kier molecular flexibility index (Phi) is 13.3. The van der Waals surface area contributed by atoms with Crippen LogP contribution in [-0.2, 0) is 32.3 Å². The highest BCUT2D eigenvalue weighted by Crippen LogP contribution is 2.28. The smallest absolute Gasteiger partial charge is 0.326 e. The summed E-state index contributed by atoms with van der Waals surface area (Å²) in [5.41, 5.74) is 10.5. The molecule has 64 heavy (non-hydrogen) atoms. The number of nitrogen functional groups attached to an aromatic ring is 2. The summed E-state index contributed by atoms with van der Waals surface area (Å²) >= 11 is 0. The van der Waals surface area contributed by atoms with E-state index in [-0.39, 0.29) is 82.7 Å². The van der Waals surface area contributed by atoms with Crippen LogP contribution in [0.5, 0.6) is 0 Å². The minimum atomic E-state index is -1.51. The minimum Gasteiger partial charge on any atom is -0.481 e. The normalized spacial score (nSPS) is 11.9. The molecule has 330 valence electrons. The third-order valence-electron chi connectivity index (χ3n) is 9.24. The average molecular weight is 881 g/mol. The maximum atomic E-state index is 13.2. The zero-order chi connectivity index (χ0) is 46.2. The highest BCUT2D eigenvalue weighted by atomic mass is 16.4. The van der Waals surface area contributed by atoms with Crippen LogP contribution in [0.15, 0.2) is 70.5 Å². The molecule has 6 aromatic rings. The van der Waals surface area contributed by atoms with Crippen molar-refractivity contribution in [1.29, 1.82) is 0 Å². The number of hydrogen-bond donors (Lipinski definition) is 10. The molecule has 4 heterocycles. The van der Waals surface area contributed by atoms with Crippen LogP contribution in [0.25, 0.3) is 22.3 Å². The Morgan fingerprint density at radius 1 is 0.578 bits per heavy atom. The van der Waals surface area contributed by atoms with Gasteiger partial charge in [-0.3, -0.25) is 48.8 Å². The number of hydrazine groups is 1. The number of nitrogens with two attached hydrogens (primary N) is 2. The standard InChI is InChI=1S/C38H36N14O12/c39-37-47-29-27(33(59)49-37)43-19(13-41-29)15-51(21-5-1-17(2-6-21)31(57)45-23(35(61)62)9-11-25(53)54)52(16-20-14-42-30-28(44-20)34(60)50-38(40)48-30)22-7-3-18(4-8-22)32(58)46-24(36(63)64)10-12-26(55)56/h1-8,13-14,23-24H,9-12,15-16H2,(H,45,57)(H,46,58)(H,53,54)(H,55,56)(H,61,62)(H,63,64)(H3,39,41,47,49,59)(H3,40,42,48,50,60)/t23-,24-/m0/s1. The summed E-state index contributed by atoms with van der Waals surface area (Å²) < 4.78 is 0. The van der Waals surface area contributed by atoms with E-state index >= 15 is 0 Å². The van der Waals surface area contributed by atoms with Gasteiger partial charge in [-0.25, -0.2) is 29.5 Å². The fourth-order valence-electron chi connectivity index (χ4n) is 6.14. The molecule has 0 spiro atoms. The van der Waals surface area contributed by atoms with Crippen LogP contribution in [0.4, 0.5) is 23.3 Å². The minimum absolute atomic E-state index is 0.0118. The number of aliphatic carboxylic acids is 4. The number of carboxylic acids is 4. The molecule has 0 unspecified atom stereocenters. The molecule has 2 amide bonds. The topological polar surface area (TPSA) is 409 Å². The lowest BCUT2D eigenvalue weighted by Gasteiger charge is -2.38. The summed E-state index contributed by atoms with van der Waals surface area (Å²) in [5.74, 6) is -7.44. The highest BCUT2D eigenvalue weighted by molar-refractivity contribution is 5.98. The van der Waals surface area contributed by atoms with E-state index in [2.05, 4.69) is 50.5 Å². The molecule has 6 rings (SSSR count). The fraction of sp³-hybridized carbons (Fsp3) is 0.211. The Hall–Kier alpha value is -9.10. The molecule has 2 atom stereocenters. The highest BCUT2D eigenvalue weighted by Gasteiger charge is 2.26. The number of H-pyrrole nitrogens is 2. The maximum Gasteiger partial charge on any atom is 0.326 e. The Labute approximate surface area is 357 Å². The average Bonchev–Trinajstić information content (AvgIpc) is 3.25. The molecule has 0 fully saturated rings. The van der Waals surface area contributed by atoms with Gasteiger partial charge in [-0.1, -0.05) is 0 Å². The number of carboxylic acid groups (broad SMARTS) is 4. The number of anilines is 4. The van der Waals surface area contributed by atoms with E-state index in [1.54, 1.807) is 10.0 Å². The molecule has 0 aliphatic rings. The van der Waals surface area contributed by atoms with Crippen molar-refractivity contribution < 1.29 is 49.2 Å². The quantitative estimate of drug-likeness (QED) is 0.0464. The first kappa shape index (κ1) is 44.5. The number of aromatic nitrogens is 8. The summed E-state index contributed by atoms with van der Waals surface area (Å²) in [6.45, 7) is -0.416. The molecule has 12 N–H and O–H groups in total. The van der Waals surface area contributed by atoms with Gasteiger partial charge < -0.3 is 42.5 Å². The number of nitrogens with one attached hydrogen (secondary N) is 4. The van der Waals surface area contributed by atoms with Crippen molar-refractivity contribution in [2.24, 2.45) is 0 Å². The third-order valence-corrected chi connectivity index (χ3v) is 9.24. The summed E-state index contributed by atoms with van der Waals surface area (Å²) in [6.07, 6.45) is 0.852. The van der Waals surface area contributed by atoms with E-state index in [4.69, 9.17) is 21.7 Å². The van der Waals surface area contributed by atoms with Crippen molar-refractivity contribution in [1.82, 2.24) is 50.5 Å². The lowest BCUT2D eigenvalue weighted by molar-refractivity contribution is -0.142. The molecule has 26 heteroatoms. The Bertz CT molecular complexity index is 2710. The van der Waals surface area contributed by atoms with Gasteiger partial charge in [0.05, 0.1) is 48.2 Å². The summed E-state index contributed by atoms with van der Waals surface area (Å²) in [7, 11) is 0. The molecule has 0 aliphatic carbocycles. The molecule has 0 saturated carbocycles. The fourth-order valence-corrected chi connectivity index (χ4v) is 6.14. The van der Waals surface area contributed by atoms with Crippen LogP contribution in [0.2, 0.25) is 0 Å². The van der Waals surface area contributed by atoms with E-state index in [1.807, 2.05) is 0 Å². The van der Waals surface area contributed by atoms with Gasteiger partial charge in [0.15, 0.2) is 22.3 Å². The van der Waals surface area contributed by atoms with Gasteiger partial charge in [-0.15, -0.1) is 0 Å². The van der Waals surface area contributed by atoms with Gasteiger partial charge in [0.25, 0.3) is 22.9 Å². The van der Waals surface area contributed by atoms with Crippen molar-refractivity contribution in [3.63, 3.8) is 0 Å². The van der Waals surface area contributed by atoms with E-state index in [0.717, 1.165) is 0 Å². The van der Waals surface area contributed by atoms with Crippen LogP contribution >= 0.6 is 0 Å². The van der Waals surface area contributed by atoms with Gasteiger partial charge in [0.1, 0.15) is 12.1 Å². The first-order valence-corrected chi connectivity index (χ1v) is 18.7. The van der Waals surface area contributed by atoms with Crippen molar-refractivity contribution in [2.45, 2.75) is 50.9 Å². The molecule has 0 bridgehead atoms. The van der Waals surface area contributed by atoms with Gasteiger partial charge in [0.2, 0.25) is 11.9 Å². The van der Waals surface area contributed by atoms with Crippen molar-refractivity contribution in [3.8, 4) is 0 Å². The van der Waals surface area contributed by atoms with E-state index < -0.39 is 71.7 Å². The predicted octanol–water partition coefficient (Wildman–Crippen LogP) is -0.372. The summed E-state index contributed by atoms with van der Waals surface area (Å²) in [4.78, 5) is 128. The monoisotopic (exact) mass is 880 g/mol. The molecular formula is C38H36N14O12. The zero-order valence-corrected chi connectivity index (χ0v) is 33.0. The lowest BCUT2D eigenvalue weighted by Crippen LogP contribution is -2.43. The largest absolute Gasteiger partial charge is 0.481 e. The molecular weight excluding hydrogens is 845 g/mol. The molecule has 4 aromatic heterocycles. The third kappa shape index (κ3) is 10.8. The molecule has 26 nitrogen and oxygen atoms in total. The van der Waals surface area contributed by atoms with Crippen LogP contribution in [0, 0.1) is 0 Å². The van der Waals surface area contributed by atoms with E-state index in [1.165, 1.54) is 60.9 Å². The number of rotatable bonds is 19. The molecule has 0 aliphatic heterocycles. The van der Waals surface area contributed by atoms with Gasteiger partial charge in [-0.05, 0) is 61.4 Å². The van der Waals surface area contributed by atoms with Gasteiger partial charge >= 0.3 is 23.9 Å². The molecule has 0 radical (unpaired) electrons. The van der Waals surface area contributed by atoms with Crippen molar-refractivity contribution in [3.05, 3.63) is 104 Å². The van der Waals surface area contributed by atoms with Crippen LogP contribution in [0.3, 0.4) is 0 Å². The summed E-state index contributed by atoms with van der Waals surface area (Å²) in [6, 6.07) is 8.33. The number of aromatic amines is 2. The number of amides is 2. The van der Waals surface area contributed by atoms with E-state index in [0.29, 0.717) is 11.4 Å². The van der Waals surface area contributed by atoms with Crippen molar-refractivity contribution in [2.75, 3.05) is 21.5 Å². The molecule has 2 aromatic carbocycles. The Morgan fingerprint density at radius 3 is 1.27 bits per heavy atom. The number of nitrogens with zero attached hydrogens (tertiary/aromatic N) is 8. The zero-order valence-electron chi connectivity index (χ0n) is 33.0. The number of hydrogen-bond acceptors (Lipinski definition) is 18. The first-order chi connectivity index (χ1) is 30.4. The number of fused-ring (bicyclic) bond motifs is 2. The predicted molar refractivity (Wildman–Crippen MR) is 222 cm³/mol. The first-order valence-electron chi connectivity index (χ1n) is 18.7. The molecule has 0 saturated heterocycles. The van der Waals surface area contributed by atoms with Crippen LogP contribution < -0.4 is 43.2 Å². The van der Waals surface area contributed by atoms with E-state index in [9.17, 15) is 48.6 Å². The number of benzene rings is 2. The maximum absolute atomic E-state index is 13.2. The van der Waals surface area contributed by atoms with Crippen molar-refractivity contribution >= 4 is 81.3 Å². The number of carbonyl (C=O) groups is 6. The summed E-state index contributed by atoms with van der Waals surface area (Å²) in [5, 5.41) is 45.1. The SMILES string of the molecule is Nc1nc2ncc(CN(c3ccc(C(=O)N[C@@H](CCC(=O)O)C(=O)O)cc3)N(Cc3cnc4nc(N)[nH]c(=O)c4n3)c3ccc(C(=O)N[C@@H](CCC(=O)O)C(=O)O)cc3)nc2c(=O)[nH]1. The second-order valence-electron chi connectivity index (χ2n) is 13.8. The van der Waals surface area contributed by atoms with Gasteiger partial charge in [-0.2, -0.15) is 9.97 Å². The van der Waals surface area contributed by atoms with Crippen LogP contribution in [-0.4, -0.2) is 108 Å². The van der Waals surface area contributed by atoms with Gasteiger partial charge in [0, 0.05) is 24.0 Å². The second-order valence-corrected chi connectivity index (χ2v) is 13.8. The lowest BCUT2D eigenvalue weighted by atomic mass is 10.1. The van der Waals surface area contributed by atoms with Crippen LogP contribution in [0.1, 0.15) is 57.8 Å². The Balaban J connectivity index is 1.44.